The van der Waals surface area contributed by atoms with Gasteiger partial charge in [-0.25, -0.2) is 9.59 Å². The summed E-state index contributed by atoms with van der Waals surface area (Å²) in [6.45, 7) is 0.106. The number of rotatable bonds is 4. The number of amides is 2. The molecular weight excluding hydrogens is 352 g/mol. The average molecular weight is 366 g/mol. The van der Waals surface area contributed by atoms with Crippen molar-refractivity contribution in [3.8, 4) is 0 Å². The van der Waals surface area contributed by atoms with Crippen LogP contribution in [0.15, 0.2) is 51.7 Å². The predicted octanol–water partition coefficient (Wildman–Crippen LogP) is 1.68. The lowest BCUT2D eigenvalue weighted by molar-refractivity contribution is 0.0598. The van der Waals surface area contributed by atoms with E-state index in [9.17, 15) is 19.2 Å². The Morgan fingerprint density at radius 2 is 1.67 bits per heavy atom. The van der Waals surface area contributed by atoms with Gasteiger partial charge in [0.2, 0.25) is 0 Å². The Bertz CT molecular complexity index is 1120. The lowest BCUT2D eigenvalue weighted by Gasteiger charge is -2.13. The zero-order valence-corrected chi connectivity index (χ0v) is 14.3. The van der Waals surface area contributed by atoms with E-state index >= 15 is 0 Å². The van der Waals surface area contributed by atoms with Gasteiger partial charge < -0.3 is 9.15 Å². The number of methoxy groups -OCH3 is 1. The number of aromatic nitrogens is 1. The summed E-state index contributed by atoms with van der Waals surface area (Å²) < 4.78 is 11.1. The molecule has 0 radical (unpaired) electrons. The van der Waals surface area contributed by atoms with Gasteiger partial charge >= 0.3 is 11.7 Å². The second-order valence-electron chi connectivity index (χ2n) is 6.00. The zero-order chi connectivity index (χ0) is 19.1. The number of benzene rings is 2. The van der Waals surface area contributed by atoms with Crippen molar-refractivity contribution in [1.82, 2.24) is 9.47 Å². The molecule has 8 heteroatoms. The molecule has 2 heterocycles. The molecule has 1 aromatic heterocycles. The van der Waals surface area contributed by atoms with E-state index in [2.05, 4.69) is 4.74 Å². The van der Waals surface area contributed by atoms with E-state index in [1.165, 1.54) is 23.8 Å². The van der Waals surface area contributed by atoms with Crippen LogP contribution in [0.1, 0.15) is 31.1 Å². The summed E-state index contributed by atoms with van der Waals surface area (Å²) in [7, 11) is 1.26. The Labute approximate surface area is 152 Å². The molecule has 4 rings (SSSR count). The molecule has 1 aliphatic rings. The Morgan fingerprint density at radius 1 is 1.00 bits per heavy atom. The third-order valence-electron chi connectivity index (χ3n) is 4.51. The molecule has 0 bridgehead atoms. The van der Waals surface area contributed by atoms with Crippen LogP contribution < -0.4 is 5.76 Å². The first-order valence-corrected chi connectivity index (χ1v) is 8.18. The molecule has 0 saturated heterocycles. The van der Waals surface area contributed by atoms with Gasteiger partial charge in [-0.3, -0.25) is 19.1 Å². The first-order valence-electron chi connectivity index (χ1n) is 8.18. The SMILES string of the molecule is COC(=O)c1ccc2c(c1)oc(=O)n2CCN1C(=O)c2ccccc2C1=O. The summed E-state index contributed by atoms with van der Waals surface area (Å²) in [5, 5.41) is 0. The summed E-state index contributed by atoms with van der Waals surface area (Å²) in [6, 6.07) is 11.1. The summed E-state index contributed by atoms with van der Waals surface area (Å²) in [4.78, 5) is 49.7. The number of ether oxygens (including phenoxy) is 1. The van der Waals surface area contributed by atoms with Crippen LogP contribution in [0.5, 0.6) is 0 Å². The fourth-order valence-electron chi connectivity index (χ4n) is 3.17. The van der Waals surface area contributed by atoms with Crippen LogP contribution in [0.2, 0.25) is 0 Å². The van der Waals surface area contributed by atoms with Gasteiger partial charge in [-0.15, -0.1) is 0 Å². The maximum atomic E-state index is 12.4. The van der Waals surface area contributed by atoms with Gasteiger partial charge in [-0.2, -0.15) is 0 Å². The van der Waals surface area contributed by atoms with E-state index in [0.29, 0.717) is 16.6 Å². The summed E-state index contributed by atoms with van der Waals surface area (Å²) >= 11 is 0. The van der Waals surface area contributed by atoms with E-state index in [1.54, 1.807) is 30.3 Å². The van der Waals surface area contributed by atoms with Gasteiger partial charge in [0.1, 0.15) is 0 Å². The first-order chi connectivity index (χ1) is 13.0. The van der Waals surface area contributed by atoms with Gasteiger partial charge in [-0.1, -0.05) is 12.1 Å². The quantitative estimate of drug-likeness (QED) is 0.515. The maximum Gasteiger partial charge on any atom is 0.420 e. The van der Waals surface area contributed by atoms with Crippen LogP contribution in [-0.4, -0.2) is 40.9 Å². The Kier molecular flexibility index (Phi) is 3.88. The molecule has 8 nitrogen and oxygen atoms in total. The molecule has 2 amide bonds. The highest BCUT2D eigenvalue weighted by atomic mass is 16.5. The number of fused-ring (bicyclic) bond motifs is 2. The topological polar surface area (TPSA) is 98.8 Å². The van der Waals surface area contributed by atoms with E-state index in [1.807, 2.05) is 0 Å². The van der Waals surface area contributed by atoms with Crippen LogP contribution in [0.25, 0.3) is 11.1 Å². The van der Waals surface area contributed by atoms with Crippen molar-refractivity contribution in [1.29, 1.82) is 0 Å². The van der Waals surface area contributed by atoms with E-state index in [-0.39, 0.29) is 36.1 Å². The van der Waals surface area contributed by atoms with Crippen LogP contribution in [0, 0.1) is 0 Å². The van der Waals surface area contributed by atoms with Crippen molar-refractivity contribution in [2.75, 3.05) is 13.7 Å². The predicted molar refractivity (Wildman–Crippen MR) is 93.6 cm³/mol. The Morgan fingerprint density at radius 3 is 2.30 bits per heavy atom. The molecule has 3 aromatic rings. The summed E-state index contributed by atoms with van der Waals surface area (Å²) in [5.74, 6) is -1.95. The van der Waals surface area contributed by atoms with Crippen molar-refractivity contribution in [2.45, 2.75) is 6.54 Å². The lowest BCUT2D eigenvalue weighted by atomic mass is 10.1. The molecule has 0 spiro atoms. The molecule has 2 aromatic carbocycles. The van der Waals surface area contributed by atoms with Gasteiger partial charge in [0.15, 0.2) is 5.58 Å². The fourth-order valence-corrected chi connectivity index (χ4v) is 3.17. The minimum absolute atomic E-state index is 0.0274. The number of carbonyl (C=O) groups excluding carboxylic acids is 3. The largest absolute Gasteiger partial charge is 0.465 e. The highest BCUT2D eigenvalue weighted by molar-refractivity contribution is 6.21. The maximum absolute atomic E-state index is 12.4. The molecular formula is C19H14N2O6. The smallest absolute Gasteiger partial charge is 0.420 e. The molecule has 0 atom stereocenters. The number of oxazole rings is 1. The van der Waals surface area contributed by atoms with Crippen LogP contribution >= 0.6 is 0 Å². The van der Waals surface area contributed by atoms with Gasteiger partial charge in [-0.05, 0) is 30.3 Å². The molecule has 1 aliphatic heterocycles. The van der Waals surface area contributed by atoms with Gasteiger partial charge in [0.05, 0.1) is 29.3 Å². The number of hydrogen-bond donors (Lipinski definition) is 0. The number of nitrogens with zero attached hydrogens (tertiary/aromatic N) is 2. The monoisotopic (exact) mass is 366 g/mol. The molecule has 0 saturated carbocycles. The number of imide groups is 1. The van der Waals surface area contributed by atoms with Gasteiger partial charge in [0.25, 0.3) is 11.8 Å². The van der Waals surface area contributed by atoms with Crippen molar-refractivity contribution in [3.05, 3.63) is 69.7 Å². The normalized spacial score (nSPS) is 13.3. The lowest BCUT2D eigenvalue weighted by Crippen LogP contribution is -2.34. The van der Waals surface area contributed by atoms with Gasteiger partial charge in [0, 0.05) is 13.1 Å². The molecule has 0 fully saturated rings. The highest BCUT2D eigenvalue weighted by Gasteiger charge is 2.34. The van der Waals surface area contributed by atoms with E-state index in [4.69, 9.17) is 4.42 Å². The molecule has 27 heavy (non-hydrogen) atoms. The van der Waals surface area contributed by atoms with Crippen molar-refractivity contribution < 1.29 is 23.5 Å². The standard InChI is InChI=1S/C19H14N2O6/c1-26-18(24)11-6-7-14-15(10-11)27-19(25)20(14)8-9-21-16(22)12-4-2-3-5-13(12)17(21)23/h2-7,10H,8-9H2,1H3. The average Bonchev–Trinajstić information content (AvgIpc) is 3.13. The van der Waals surface area contributed by atoms with E-state index in [0.717, 1.165) is 4.90 Å². The highest BCUT2D eigenvalue weighted by Crippen LogP contribution is 2.22. The number of esters is 1. The minimum Gasteiger partial charge on any atom is -0.465 e. The molecule has 136 valence electrons. The number of hydrogen-bond acceptors (Lipinski definition) is 6. The van der Waals surface area contributed by atoms with Crippen LogP contribution in [0.3, 0.4) is 0 Å². The fraction of sp³-hybridized carbons (Fsp3) is 0.158. The second-order valence-corrected chi connectivity index (χ2v) is 6.00. The molecule has 0 N–H and O–H groups in total. The zero-order valence-electron chi connectivity index (χ0n) is 14.3. The van der Waals surface area contributed by atoms with Crippen LogP contribution in [-0.2, 0) is 11.3 Å². The van der Waals surface area contributed by atoms with Crippen molar-refractivity contribution >= 4 is 28.9 Å². The molecule has 0 aliphatic carbocycles. The molecule has 0 unspecified atom stereocenters. The van der Waals surface area contributed by atoms with Crippen molar-refractivity contribution in [3.63, 3.8) is 0 Å². The Balaban J connectivity index is 1.61. The third-order valence-corrected chi connectivity index (χ3v) is 4.51. The minimum atomic E-state index is -0.636. The van der Waals surface area contributed by atoms with Crippen LogP contribution in [0.4, 0.5) is 0 Å². The Hall–Kier alpha value is -3.68. The van der Waals surface area contributed by atoms with E-state index < -0.39 is 11.7 Å². The third kappa shape index (κ3) is 2.62. The second kappa shape index (κ2) is 6.24. The number of carbonyl (C=O) groups is 3. The summed E-state index contributed by atoms with van der Waals surface area (Å²) in [6.07, 6.45) is 0. The van der Waals surface area contributed by atoms with Crippen molar-refractivity contribution in [2.24, 2.45) is 0 Å². The summed E-state index contributed by atoms with van der Waals surface area (Å²) in [5.41, 5.74) is 1.66. The first kappa shape index (κ1) is 16.8.